The third-order valence-corrected chi connectivity index (χ3v) is 8.17. The normalized spacial score (nSPS) is 19.6. The first-order valence-electron chi connectivity index (χ1n) is 15.5. The number of nitrogens with two attached hydrogens (primary N) is 1. The van der Waals surface area contributed by atoms with Gasteiger partial charge in [-0.05, 0) is 121 Å². The second kappa shape index (κ2) is 13.0. The number of anilines is 2. The van der Waals surface area contributed by atoms with E-state index in [0.29, 0.717) is 5.39 Å². The van der Waals surface area contributed by atoms with E-state index in [2.05, 4.69) is 29.4 Å². The number of nitrogens with zero attached hydrogens (tertiary/aromatic N) is 2. The fourth-order valence-electron chi connectivity index (χ4n) is 5.99. The van der Waals surface area contributed by atoms with Crippen LogP contribution in [0.15, 0.2) is 54.7 Å². The number of benzene rings is 2. The van der Waals surface area contributed by atoms with Crippen molar-refractivity contribution in [1.82, 2.24) is 4.98 Å². The number of nitrogens with one attached hydrogen (secondary N) is 1. The molecule has 9 nitrogen and oxygen atoms in total. The van der Waals surface area contributed by atoms with Gasteiger partial charge in [-0.25, -0.2) is 14.6 Å². The predicted octanol–water partition coefficient (Wildman–Crippen LogP) is 7.95. The van der Waals surface area contributed by atoms with Crippen LogP contribution in [0.5, 0.6) is 5.75 Å². The number of pyridine rings is 1. The van der Waals surface area contributed by atoms with Crippen LogP contribution in [0.4, 0.5) is 21.1 Å². The Bertz CT molecular complexity index is 1420. The lowest BCUT2D eigenvalue weighted by molar-refractivity contribution is 0.0429. The van der Waals surface area contributed by atoms with Crippen LogP contribution in [0.2, 0.25) is 0 Å². The highest BCUT2D eigenvalue weighted by Crippen LogP contribution is 2.44. The van der Waals surface area contributed by atoms with Gasteiger partial charge in [0, 0.05) is 34.8 Å². The minimum absolute atomic E-state index is 0.0707. The quantitative estimate of drug-likeness (QED) is 0.279. The number of hydrogen-bond donors (Lipinski definition) is 2. The maximum atomic E-state index is 13.3. The van der Waals surface area contributed by atoms with Gasteiger partial charge in [-0.3, -0.25) is 0 Å². The first-order valence-corrected chi connectivity index (χ1v) is 15.5. The molecule has 1 saturated carbocycles. The second-order valence-electron chi connectivity index (χ2n) is 13.7. The Labute approximate surface area is 261 Å². The van der Waals surface area contributed by atoms with Crippen LogP contribution in [-0.2, 0) is 14.9 Å². The lowest BCUT2D eigenvalue weighted by Crippen LogP contribution is -2.49. The topological polar surface area (TPSA) is 116 Å². The van der Waals surface area contributed by atoms with E-state index in [1.165, 1.54) is 5.56 Å². The summed E-state index contributed by atoms with van der Waals surface area (Å²) in [6, 6.07) is 16.4. The molecule has 3 aromatic rings. The van der Waals surface area contributed by atoms with Crippen molar-refractivity contribution in [2.75, 3.05) is 17.3 Å². The highest BCUT2D eigenvalue weighted by atomic mass is 16.6. The van der Waals surface area contributed by atoms with Crippen LogP contribution in [0.25, 0.3) is 10.8 Å². The minimum Gasteiger partial charge on any atom is -0.497 e. The van der Waals surface area contributed by atoms with Crippen LogP contribution in [0.3, 0.4) is 0 Å². The fourth-order valence-corrected chi connectivity index (χ4v) is 5.99. The predicted molar refractivity (Wildman–Crippen MR) is 176 cm³/mol. The lowest BCUT2D eigenvalue weighted by Gasteiger charge is -2.45. The van der Waals surface area contributed by atoms with E-state index in [-0.39, 0.29) is 23.3 Å². The Kier molecular flexibility index (Phi) is 9.78. The number of hydrogen-bond acceptors (Lipinski definition) is 8. The summed E-state index contributed by atoms with van der Waals surface area (Å²) >= 11 is 0. The van der Waals surface area contributed by atoms with Gasteiger partial charge in [0.05, 0.1) is 7.11 Å². The maximum Gasteiger partial charge on any atom is 0.425 e. The van der Waals surface area contributed by atoms with Gasteiger partial charge in [-0.1, -0.05) is 19.1 Å². The SMILES string of the molecule is CCC(N)C1(c2ccc(OC)cc2)CCC(Nc2ccc3c(N(C(=O)OC(C)(C)C)C(=O)OC(C)(C)C)nccc3c2)CC1. The van der Waals surface area contributed by atoms with Gasteiger partial charge in [-0.15, -0.1) is 0 Å². The van der Waals surface area contributed by atoms with Crippen LogP contribution in [0, 0.1) is 0 Å². The van der Waals surface area contributed by atoms with E-state index < -0.39 is 23.4 Å². The number of fused-ring (bicyclic) bond motifs is 1. The largest absolute Gasteiger partial charge is 0.497 e. The Morgan fingerprint density at radius 2 is 1.57 bits per heavy atom. The van der Waals surface area contributed by atoms with Crippen molar-refractivity contribution in [2.45, 2.75) is 109 Å². The molecule has 0 aliphatic heterocycles. The van der Waals surface area contributed by atoms with E-state index in [1.807, 2.05) is 36.4 Å². The van der Waals surface area contributed by atoms with Crippen LogP contribution < -0.4 is 20.7 Å². The summed E-state index contributed by atoms with van der Waals surface area (Å²) in [5.74, 6) is 1.01. The summed E-state index contributed by atoms with van der Waals surface area (Å²) in [5.41, 5.74) is 7.29. The molecule has 2 aromatic carbocycles. The third-order valence-electron chi connectivity index (χ3n) is 8.17. The fraction of sp³-hybridized carbons (Fsp3) is 0.514. The van der Waals surface area contributed by atoms with Crippen LogP contribution in [-0.4, -0.2) is 47.6 Å². The average molecular weight is 605 g/mol. The average Bonchev–Trinajstić information content (AvgIpc) is 2.95. The number of carbonyl (C=O) groups is 2. The highest BCUT2D eigenvalue weighted by molar-refractivity contribution is 6.14. The second-order valence-corrected chi connectivity index (χ2v) is 13.7. The van der Waals surface area contributed by atoms with E-state index in [1.54, 1.807) is 54.8 Å². The number of methoxy groups -OCH3 is 1. The Morgan fingerprint density at radius 1 is 0.977 bits per heavy atom. The monoisotopic (exact) mass is 604 g/mol. The van der Waals surface area contributed by atoms with E-state index in [9.17, 15) is 9.59 Å². The molecule has 0 bridgehead atoms. The zero-order chi connectivity index (χ0) is 32.3. The summed E-state index contributed by atoms with van der Waals surface area (Å²) < 4.78 is 16.5. The van der Waals surface area contributed by atoms with E-state index in [4.69, 9.17) is 19.9 Å². The standard InChI is InChI=1S/C35H48N4O5/c1-9-29(36)35(24-10-13-27(42-8)14-11-24)19-16-25(17-20-35)38-26-12-15-28-23(22-26)18-21-37-30(28)39(31(40)43-33(2,3)4)32(41)44-34(5,6)7/h10-15,18,21-22,25,29,38H,9,16-17,19-20,36H2,1-8H3. The number of imide groups is 1. The van der Waals surface area contributed by atoms with Crippen LogP contribution in [0.1, 0.15) is 86.1 Å². The molecule has 238 valence electrons. The molecule has 0 saturated heterocycles. The first-order chi connectivity index (χ1) is 20.7. The number of aromatic nitrogens is 1. The van der Waals surface area contributed by atoms with Crippen molar-refractivity contribution in [2.24, 2.45) is 5.73 Å². The molecule has 1 unspecified atom stereocenters. The molecule has 9 heteroatoms. The van der Waals surface area contributed by atoms with Gasteiger partial charge < -0.3 is 25.3 Å². The Hall–Kier alpha value is -3.85. The molecular weight excluding hydrogens is 556 g/mol. The Morgan fingerprint density at radius 3 is 2.09 bits per heavy atom. The molecule has 1 aromatic heterocycles. The molecule has 1 aliphatic rings. The third kappa shape index (κ3) is 7.62. The molecule has 0 radical (unpaired) electrons. The van der Waals surface area contributed by atoms with Crippen molar-refractivity contribution in [3.8, 4) is 5.75 Å². The molecule has 1 fully saturated rings. The molecule has 0 spiro atoms. The van der Waals surface area contributed by atoms with Crippen LogP contribution >= 0.6 is 0 Å². The van der Waals surface area contributed by atoms with Gasteiger partial charge >= 0.3 is 12.2 Å². The summed E-state index contributed by atoms with van der Waals surface area (Å²) in [7, 11) is 1.68. The van der Waals surface area contributed by atoms with Gasteiger partial charge in [-0.2, -0.15) is 4.90 Å². The molecule has 3 N–H and O–H groups in total. The number of amides is 2. The van der Waals surface area contributed by atoms with Gasteiger partial charge in [0.15, 0.2) is 5.82 Å². The van der Waals surface area contributed by atoms with Crippen molar-refractivity contribution in [3.05, 3.63) is 60.3 Å². The molecule has 1 heterocycles. The zero-order valence-corrected chi connectivity index (χ0v) is 27.4. The van der Waals surface area contributed by atoms with Crippen molar-refractivity contribution in [3.63, 3.8) is 0 Å². The summed E-state index contributed by atoms with van der Waals surface area (Å²) in [6.45, 7) is 12.6. The summed E-state index contributed by atoms with van der Waals surface area (Å²) in [6.07, 6.45) is 4.72. The van der Waals surface area contributed by atoms with E-state index in [0.717, 1.165) is 53.8 Å². The van der Waals surface area contributed by atoms with Gasteiger partial charge in [0.25, 0.3) is 0 Å². The molecule has 44 heavy (non-hydrogen) atoms. The Balaban J connectivity index is 1.56. The van der Waals surface area contributed by atoms with Crippen molar-refractivity contribution < 1.29 is 23.8 Å². The number of carbonyl (C=O) groups excluding carboxylic acids is 2. The zero-order valence-electron chi connectivity index (χ0n) is 27.4. The minimum atomic E-state index is -0.846. The molecule has 1 atom stereocenters. The highest BCUT2D eigenvalue weighted by Gasteiger charge is 2.41. The van der Waals surface area contributed by atoms with Gasteiger partial charge in [0.1, 0.15) is 17.0 Å². The smallest absolute Gasteiger partial charge is 0.425 e. The first kappa shape index (κ1) is 33.1. The maximum absolute atomic E-state index is 13.3. The molecule has 2 amide bonds. The van der Waals surface area contributed by atoms with Crippen molar-refractivity contribution in [1.29, 1.82) is 0 Å². The number of ether oxygens (including phenoxy) is 3. The summed E-state index contributed by atoms with van der Waals surface area (Å²) in [4.78, 5) is 31.8. The van der Waals surface area contributed by atoms with Gasteiger partial charge in [0.2, 0.25) is 0 Å². The van der Waals surface area contributed by atoms with E-state index >= 15 is 0 Å². The molecular formula is C35H48N4O5. The molecule has 1 aliphatic carbocycles. The number of rotatable bonds is 7. The molecule has 4 rings (SSSR count). The summed E-state index contributed by atoms with van der Waals surface area (Å²) in [5, 5.41) is 5.17. The van der Waals surface area contributed by atoms with Crippen molar-refractivity contribution >= 4 is 34.5 Å². The lowest BCUT2D eigenvalue weighted by atomic mass is 9.63.